The molecule has 3 heteroatoms. The van der Waals surface area contributed by atoms with Crippen LogP contribution in [-0.4, -0.2) is 17.9 Å². The normalized spacial score (nSPS) is 16.1. The molecule has 0 atom stereocenters. The van der Waals surface area contributed by atoms with Crippen LogP contribution in [0.25, 0.3) is 6.08 Å². The lowest BCUT2D eigenvalue weighted by Crippen LogP contribution is -1.97. The van der Waals surface area contributed by atoms with Gasteiger partial charge in [0.1, 0.15) is 0 Å². The molecule has 0 N–H and O–H groups in total. The molecule has 0 radical (unpaired) electrons. The van der Waals surface area contributed by atoms with Crippen LogP contribution in [0, 0.1) is 6.92 Å². The summed E-state index contributed by atoms with van der Waals surface area (Å²) in [7, 11) is 3.75. The zero-order valence-corrected chi connectivity index (χ0v) is 10.8. The van der Waals surface area contributed by atoms with E-state index in [9.17, 15) is 0 Å². The highest BCUT2D eigenvalue weighted by atomic mass is 16.5. The highest BCUT2D eigenvalue weighted by Gasteiger charge is 2.16. The Bertz CT molecular complexity index is 477. The number of hydrogen-bond acceptors (Lipinski definition) is 2. The Kier molecular flexibility index (Phi) is 3.18. The van der Waals surface area contributed by atoms with Crippen molar-refractivity contribution < 1.29 is 4.74 Å². The van der Waals surface area contributed by atoms with Crippen LogP contribution in [-0.2, 0) is 13.5 Å². The highest BCUT2D eigenvalue weighted by molar-refractivity contribution is 5.79. The number of aromatic nitrogens is 1. The van der Waals surface area contributed by atoms with E-state index in [0.717, 1.165) is 23.7 Å². The fourth-order valence-electron chi connectivity index (χ4n) is 2.30. The maximum Gasteiger partial charge on any atom is 0.196 e. The average molecular weight is 230 g/mol. The van der Waals surface area contributed by atoms with E-state index < -0.39 is 0 Å². The van der Waals surface area contributed by atoms with Gasteiger partial charge in [0, 0.05) is 24.5 Å². The number of rotatable bonds is 3. The number of allylic oxidation sites excluding steroid dienone is 2. The van der Waals surface area contributed by atoms with E-state index >= 15 is 0 Å². The SMILES string of the molecule is CCc1c(C)c(/C=C2/C=CC=N2)n(C)c1OC. The summed E-state index contributed by atoms with van der Waals surface area (Å²) >= 11 is 0. The van der Waals surface area contributed by atoms with Gasteiger partial charge in [-0.05, 0) is 37.1 Å². The minimum Gasteiger partial charge on any atom is -0.482 e. The molecule has 0 amide bonds. The molecule has 0 fully saturated rings. The van der Waals surface area contributed by atoms with E-state index in [2.05, 4.69) is 29.5 Å². The van der Waals surface area contributed by atoms with Gasteiger partial charge in [-0.3, -0.25) is 4.99 Å². The topological polar surface area (TPSA) is 26.5 Å². The summed E-state index contributed by atoms with van der Waals surface area (Å²) in [4.78, 5) is 4.27. The summed E-state index contributed by atoms with van der Waals surface area (Å²) in [6.07, 6.45) is 8.83. The molecule has 0 bridgehead atoms. The molecule has 2 heterocycles. The number of methoxy groups -OCH3 is 1. The van der Waals surface area contributed by atoms with Crippen molar-refractivity contribution in [3.05, 3.63) is 34.7 Å². The van der Waals surface area contributed by atoms with Gasteiger partial charge in [-0.15, -0.1) is 0 Å². The molecule has 0 aliphatic carbocycles. The third-order valence-electron chi connectivity index (χ3n) is 3.17. The zero-order chi connectivity index (χ0) is 12.4. The first-order valence-corrected chi connectivity index (χ1v) is 5.83. The summed E-state index contributed by atoms with van der Waals surface area (Å²) < 4.78 is 7.56. The van der Waals surface area contributed by atoms with Gasteiger partial charge in [0.2, 0.25) is 0 Å². The third kappa shape index (κ3) is 1.93. The van der Waals surface area contributed by atoms with Gasteiger partial charge in [-0.1, -0.05) is 6.92 Å². The van der Waals surface area contributed by atoms with Gasteiger partial charge in [-0.25, -0.2) is 0 Å². The standard InChI is InChI=1S/C14H18N2O/c1-5-12-10(2)13(16(3)14(12)17-4)9-11-7-6-8-15-11/h6-9H,5H2,1-4H3/b11-9-. The van der Waals surface area contributed by atoms with Crippen LogP contribution in [0.1, 0.15) is 23.7 Å². The maximum absolute atomic E-state index is 5.47. The maximum atomic E-state index is 5.47. The van der Waals surface area contributed by atoms with E-state index in [-0.39, 0.29) is 0 Å². The van der Waals surface area contributed by atoms with E-state index in [4.69, 9.17) is 4.74 Å². The minimum absolute atomic E-state index is 0.947. The van der Waals surface area contributed by atoms with Crippen molar-refractivity contribution in [2.45, 2.75) is 20.3 Å². The lowest BCUT2D eigenvalue weighted by Gasteiger charge is -2.05. The quantitative estimate of drug-likeness (QED) is 0.784. The van der Waals surface area contributed by atoms with Gasteiger partial charge in [0.15, 0.2) is 5.88 Å². The van der Waals surface area contributed by atoms with Crippen molar-refractivity contribution in [2.75, 3.05) is 7.11 Å². The summed E-state index contributed by atoms with van der Waals surface area (Å²) in [5.41, 5.74) is 4.69. The van der Waals surface area contributed by atoms with Crippen LogP contribution in [0.3, 0.4) is 0 Å². The van der Waals surface area contributed by atoms with E-state index in [1.165, 1.54) is 11.1 Å². The van der Waals surface area contributed by atoms with Gasteiger partial charge in [0.25, 0.3) is 0 Å². The fourth-order valence-corrected chi connectivity index (χ4v) is 2.30. The van der Waals surface area contributed by atoms with Crippen LogP contribution in [0.4, 0.5) is 0 Å². The van der Waals surface area contributed by atoms with Gasteiger partial charge < -0.3 is 9.30 Å². The van der Waals surface area contributed by atoms with Crippen molar-refractivity contribution in [3.63, 3.8) is 0 Å². The van der Waals surface area contributed by atoms with Gasteiger partial charge >= 0.3 is 0 Å². The molecular formula is C14H18N2O. The largest absolute Gasteiger partial charge is 0.482 e. The molecule has 1 aromatic heterocycles. The Labute approximate surface area is 102 Å². The molecule has 2 rings (SSSR count). The molecule has 0 saturated heterocycles. The Morgan fingerprint density at radius 2 is 2.24 bits per heavy atom. The molecule has 0 aromatic carbocycles. The number of nitrogens with zero attached hydrogens (tertiary/aromatic N) is 2. The third-order valence-corrected chi connectivity index (χ3v) is 3.17. The zero-order valence-electron chi connectivity index (χ0n) is 10.8. The van der Waals surface area contributed by atoms with Crippen LogP contribution in [0.15, 0.2) is 22.8 Å². The molecule has 0 saturated carbocycles. The van der Waals surface area contributed by atoms with Crippen molar-refractivity contribution in [1.29, 1.82) is 0 Å². The summed E-state index contributed by atoms with van der Waals surface area (Å²) in [6.45, 7) is 4.28. The van der Waals surface area contributed by atoms with Crippen LogP contribution < -0.4 is 4.74 Å². The predicted molar refractivity (Wildman–Crippen MR) is 71.7 cm³/mol. The first-order chi connectivity index (χ1) is 8.19. The van der Waals surface area contributed by atoms with Crippen LogP contribution in [0.2, 0.25) is 0 Å². The number of aliphatic imine (C=N–C) groups is 1. The molecule has 0 spiro atoms. The number of ether oxygens (including phenoxy) is 1. The van der Waals surface area contributed by atoms with Gasteiger partial charge in [0.05, 0.1) is 12.8 Å². The highest BCUT2D eigenvalue weighted by Crippen LogP contribution is 2.30. The molecule has 90 valence electrons. The first kappa shape index (κ1) is 11.7. The Morgan fingerprint density at radius 3 is 2.71 bits per heavy atom. The van der Waals surface area contributed by atoms with E-state index in [1.54, 1.807) is 7.11 Å². The molecule has 17 heavy (non-hydrogen) atoms. The number of hydrogen-bond donors (Lipinski definition) is 0. The Morgan fingerprint density at radius 1 is 1.47 bits per heavy atom. The second-order valence-electron chi connectivity index (χ2n) is 4.12. The van der Waals surface area contributed by atoms with E-state index in [1.807, 2.05) is 25.4 Å². The monoisotopic (exact) mass is 230 g/mol. The molecule has 1 aliphatic heterocycles. The van der Waals surface area contributed by atoms with Crippen molar-refractivity contribution in [3.8, 4) is 5.88 Å². The van der Waals surface area contributed by atoms with Crippen LogP contribution >= 0.6 is 0 Å². The van der Waals surface area contributed by atoms with E-state index in [0.29, 0.717) is 0 Å². The molecule has 1 aliphatic rings. The second kappa shape index (κ2) is 4.62. The smallest absolute Gasteiger partial charge is 0.196 e. The average Bonchev–Trinajstić information content (AvgIpc) is 2.90. The first-order valence-electron chi connectivity index (χ1n) is 5.83. The van der Waals surface area contributed by atoms with Crippen LogP contribution in [0.5, 0.6) is 5.88 Å². The predicted octanol–water partition coefficient (Wildman–Crippen LogP) is 2.89. The lowest BCUT2D eigenvalue weighted by atomic mass is 10.1. The molecule has 0 unspecified atom stereocenters. The van der Waals surface area contributed by atoms with Crippen molar-refractivity contribution >= 4 is 12.3 Å². The van der Waals surface area contributed by atoms with Crippen molar-refractivity contribution in [1.82, 2.24) is 4.57 Å². The summed E-state index contributed by atoms with van der Waals surface area (Å²) in [5, 5.41) is 0. The molecule has 1 aromatic rings. The molecule has 3 nitrogen and oxygen atoms in total. The second-order valence-corrected chi connectivity index (χ2v) is 4.12. The molecular weight excluding hydrogens is 212 g/mol. The van der Waals surface area contributed by atoms with Gasteiger partial charge in [-0.2, -0.15) is 0 Å². The van der Waals surface area contributed by atoms with Crippen molar-refractivity contribution in [2.24, 2.45) is 12.0 Å². The minimum atomic E-state index is 0.947. The summed E-state index contributed by atoms with van der Waals surface area (Å²) in [6, 6.07) is 0. The summed E-state index contributed by atoms with van der Waals surface area (Å²) in [5.74, 6) is 0.947. The fraction of sp³-hybridized carbons (Fsp3) is 0.357. The Balaban J connectivity index is 2.54. The Hall–Kier alpha value is -1.77. The lowest BCUT2D eigenvalue weighted by molar-refractivity contribution is 0.377.